The lowest BCUT2D eigenvalue weighted by Crippen LogP contribution is -2.43. The van der Waals surface area contributed by atoms with Crippen LogP contribution in [-0.2, 0) is 0 Å². The fourth-order valence-corrected chi connectivity index (χ4v) is 4.19. The number of ether oxygens (including phenoxy) is 1. The van der Waals surface area contributed by atoms with Crippen LogP contribution < -0.4 is 10.1 Å². The Morgan fingerprint density at radius 3 is 2.36 bits per heavy atom. The summed E-state index contributed by atoms with van der Waals surface area (Å²) < 4.78 is 5.93. The van der Waals surface area contributed by atoms with E-state index in [9.17, 15) is 0 Å². The van der Waals surface area contributed by atoms with Crippen molar-refractivity contribution in [3.05, 3.63) is 29.8 Å². The Balaban J connectivity index is 1.23. The van der Waals surface area contributed by atoms with Gasteiger partial charge in [0.25, 0.3) is 0 Å². The number of rotatable bonds is 9. The maximum absolute atomic E-state index is 5.93. The van der Waals surface area contributed by atoms with E-state index < -0.39 is 0 Å². The molecule has 1 saturated heterocycles. The molecule has 0 atom stereocenters. The maximum atomic E-state index is 5.93. The summed E-state index contributed by atoms with van der Waals surface area (Å²) >= 11 is 0. The van der Waals surface area contributed by atoms with E-state index in [1.807, 2.05) is 0 Å². The highest BCUT2D eigenvalue weighted by Crippen LogP contribution is 2.33. The van der Waals surface area contributed by atoms with Crippen LogP contribution >= 0.6 is 0 Å². The predicted octanol–water partition coefficient (Wildman–Crippen LogP) is 4.58. The molecule has 140 valence electrons. The van der Waals surface area contributed by atoms with E-state index in [1.165, 1.54) is 83.0 Å². The van der Waals surface area contributed by atoms with Gasteiger partial charge in [0.2, 0.25) is 0 Å². The Labute approximate surface area is 154 Å². The van der Waals surface area contributed by atoms with Gasteiger partial charge in [0.05, 0.1) is 6.61 Å². The van der Waals surface area contributed by atoms with Crippen LogP contribution in [0.2, 0.25) is 0 Å². The van der Waals surface area contributed by atoms with E-state index in [-0.39, 0.29) is 0 Å². The number of benzene rings is 1. The molecular formula is C22H36N2O. The Bertz CT molecular complexity index is 461. The summed E-state index contributed by atoms with van der Waals surface area (Å²) in [6.45, 7) is 6.89. The van der Waals surface area contributed by atoms with Gasteiger partial charge in [0, 0.05) is 26.2 Å². The van der Waals surface area contributed by atoms with Gasteiger partial charge in [-0.3, -0.25) is 0 Å². The van der Waals surface area contributed by atoms with Crippen molar-refractivity contribution in [3.63, 3.8) is 0 Å². The summed E-state index contributed by atoms with van der Waals surface area (Å²) in [5.41, 5.74) is 1.51. The number of unbranched alkanes of at least 4 members (excludes halogenated alkanes) is 3. The van der Waals surface area contributed by atoms with E-state index in [2.05, 4.69) is 34.5 Å². The maximum Gasteiger partial charge on any atom is 0.119 e. The first-order valence-corrected chi connectivity index (χ1v) is 10.6. The molecule has 0 unspecified atom stereocenters. The van der Waals surface area contributed by atoms with Crippen LogP contribution in [0.4, 0.5) is 0 Å². The zero-order valence-electron chi connectivity index (χ0n) is 15.8. The molecule has 25 heavy (non-hydrogen) atoms. The molecule has 2 aliphatic rings. The SMILES string of the molecule is c1cc(C2CCCCC2)ccc1OCCCCCCN1CCNCC1. The highest BCUT2D eigenvalue weighted by atomic mass is 16.5. The van der Waals surface area contributed by atoms with Crippen molar-refractivity contribution in [3.8, 4) is 5.75 Å². The van der Waals surface area contributed by atoms with Crippen LogP contribution in [0.25, 0.3) is 0 Å². The summed E-state index contributed by atoms with van der Waals surface area (Å²) in [4.78, 5) is 2.58. The molecule has 0 radical (unpaired) electrons. The standard InChI is InChI=1S/C22H36N2O/c1(6-16-24-17-14-23-15-18-24)2-7-19-25-22-12-10-21(11-13-22)20-8-4-3-5-9-20/h10-13,20,23H,1-9,14-19H2. The first-order valence-electron chi connectivity index (χ1n) is 10.6. The molecule has 3 heteroatoms. The van der Waals surface area contributed by atoms with Crippen LogP contribution in [0.3, 0.4) is 0 Å². The molecule has 0 aromatic heterocycles. The summed E-state index contributed by atoms with van der Waals surface area (Å²) in [6.07, 6.45) is 12.1. The number of nitrogens with one attached hydrogen (secondary N) is 1. The lowest BCUT2D eigenvalue weighted by Gasteiger charge is -2.27. The van der Waals surface area contributed by atoms with Crippen LogP contribution in [0, 0.1) is 0 Å². The minimum Gasteiger partial charge on any atom is -0.494 e. The molecule has 0 bridgehead atoms. The average molecular weight is 345 g/mol. The van der Waals surface area contributed by atoms with Crippen molar-refractivity contribution in [2.24, 2.45) is 0 Å². The van der Waals surface area contributed by atoms with E-state index in [0.717, 1.165) is 31.4 Å². The summed E-state index contributed by atoms with van der Waals surface area (Å²) in [5.74, 6) is 1.83. The van der Waals surface area contributed by atoms with Crippen molar-refractivity contribution in [1.82, 2.24) is 10.2 Å². The normalized spacial score (nSPS) is 19.8. The zero-order valence-corrected chi connectivity index (χ0v) is 15.8. The minimum absolute atomic E-state index is 0.790. The van der Waals surface area contributed by atoms with E-state index in [4.69, 9.17) is 4.74 Å². The van der Waals surface area contributed by atoms with Crippen LogP contribution in [0.15, 0.2) is 24.3 Å². The average Bonchev–Trinajstić information content (AvgIpc) is 2.69. The van der Waals surface area contributed by atoms with Gasteiger partial charge in [-0.1, -0.05) is 44.2 Å². The molecule has 1 N–H and O–H groups in total. The number of nitrogens with zero attached hydrogens (tertiary/aromatic N) is 1. The van der Waals surface area contributed by atoms with E-state index in [0.29, 0.717) is 0 Å². The van der Waals surface area contributed by atoms with Crippen molar-refractivity contribution >= 4 is 0 Å². The monoisotopic (exact) mass is 344 g/mol. The van der Waals surface area contributed by atoms with Crippen LogP contribution in [-0.4, -0.2) is 44.2 Å². The van der Waals surface area contributed by atoms with Gasteiger partial charge in [-0.15, -0.1) is 0 Å². The first kappa shape index (κ1) is 18.7. The van der Waals surface area contributed by atoms with Crippen LogP contribution in [0.5, 0.6) is 5.75 Å². The molecule has 2 fully saturated rings. The van der Waals surface area contributed by atoms with Crippen molar-refractivity contribution in [2.45, 2.75) is 63.7 Å². The van der Waals surface area contributed by atoms with Gasteiger partial charge in [0.1, 0.15) is 5.75 Å². The molecule has 1 heterocycles. The molecule has 1 aliphatic carbocycles. The van der Waals surface area contributed by atoms with Gasteiger partial charge in [-0.2, -0.15) is 0 Å². The molecule has 0 spiro atoms. The predicted molar refractivity (Wildman–Crippen MR) is 106 cm³/mol. The molecular weight excluding hydrogens is 308 g/mol. The second kappa shape index (κ2) is 10.8. The molecule has 1 aromatic carbocycles. The van der Waals surface area contributed by atoms with Gasteiger partial charge in [-0.05, 0) is 55.8 Å². The third-order valence-corrected chi connectivity index (χ3v) is 5.80. The number of piperazine rings is 1. The van der Waals surface area contributed by atoms with E-state index in [1.54, 1.807) is 0 Å². The number of hydrogen-bond donors (Lipinski definition) is 1. The summed E-state index contributed by atoms with van der Waals surface area (Å²) in [5, 5.41) is 3.41. The van der Waals surface area contributed by atoms with Crippen molar-refractivity contribution < 1.29 is 4.74 Å². The second-order valence-corrected chi connectivity index (χ2v) is 7.76. The zero-order chi connectivity index (χ0) is 17.2. The lowest BCUT2D eigenvalue weighted by molar-refractivity contribution is 0.234. The molecule has 3 rings (SSSR count). The fraction of sp³-hybridized carbons (Fsp3) is 0.727. The summed E-state index contributed by atoms with van der Waals surface area (Å²) in [7, 11) is 0. The minimum atomic E-state index is 0.790. The Morgan fingerprint density at radius 1 is 0.880 bits per heavy atom. The Hall–Kier alpha value is -1.06. The highest BCUT2D eigenvalue weighted by Gasteiger charge is 2.15. The highest BCUT2D eigenvalue weighted by molar-refractivity contribution is 5.29. The smallest absolute Gasteiger partial charge is 0.119 e. The van der Waals surface area contributed by atoms with Gasteiger partial charge >= 0.3 is 0 Å². The second-order valence-electron chi connectivity index (χ2n) is 7.76. The van der Waals surface area contributed by atoms with Crippen molar-refractivity contribution in [1.29, 1.82) is 0 Å². The number of hydrogen-bond acceptors (Lipinski definition) is 3. The fourth-order valence-electron chi connectivity index (χ4n) is 4.19. The molecule has 1 saturated carbocycles. The topological polar surface area (TPSA) is 24.5 Å². The lowest BCUT2D eigenvalue weighted by atomic mass is 9.84. The molecule has 1 aromatic rings. The van der Waals surface area contributed by atoms with Gasteiger partial charge in [-0.25, -0.2) is 0 Å². The Morgan fingerprint density at radius 2 is 1.60 bits per heavy atom. The van der Waals surface area contributed by atoms with Crippen LogP contribution in [0.1, 0.15) is 69.3 Å². The molecule has 3 nitrogen and oxygen atoms in total. The molecule has 0 amide bonds. The van der Waals surface area contributed by atoms with Gasteiger partial charge in [0.15, 0.2) is 0 Å². The third-order valence-electron chi connectivity index (χ3n) is 5.80. The largest absolute Gasteiger partial charge is 0.494 e. The molecule has 1 aliphatic heterocycles. The first-order chi connectivity index (χ1) is 12.4. The Kier molecular flexibility index (Phi) is 8.11. The van der Waals surface area contributed by atoms with Gasteiger partial charge < -0.3 is 15.0 Å². The third kappa shape index (κ3) is 6.63. The quantitative estimate of drug-likeness (QED) is 0.664. The van der Waals surface area contributed by atoms with Crippen molar-refractivity contribution in [2.75, 3.05) is 39.3 Å². The summed E-state index contributed by atoms with van der Waals surface area (Å²) in [6, 6.07) is 8.93. The van der Waals surface area contributed by atoms with E-state index >= 15 is 0 Å².